The molecule has 0 saturated carbocycles. The first kappa shape index (κ1) is 27.8. The molecule has 6 nitrogen and oxygen atoms in total. The van der Waals surface area contributed by atoms with E-state index in [9.17, 15) is 23.1 Å². The molecular formula is C27H36F3N3O3. The molecule has 1 aliphatic rings. The Labute approximate surface area is 211 Å². The second-order valence-electron chi connectivity index (χ2n) is 9.97. The van der Waals surface area contributed by atoms with Crippen molar-refractivity contribution in [3.63, 3.8) is 0 Å². The van der Waals surface area contributed by atoms with E-state index in [0.717, 1.165) is 28.9 Å². The topological polar surface area (TPSA) is 56.2 Å². The van der Waals surface area contributed by atoms with Crippen LogP contribution >= 0.6 is 0 Å². The van der Waals surface area contributed by atoms with Gasteiger partial charge < -0.3 is 19.6 Å². The first-order chi connectivity index (χ1) is 16.9. The highest BCUT2D eigenvalue weighted by Gasteiger charge is 2.32. The summed E-state index contributed by atoms with van der Waals surface area (Å²) in [4.78, 5) is 18.9. The molecule has 0 aliphatic carbocycles. The van der Waals surface area contributed by atoms with Crippen LogP contribution in [0.1, 0.15) is 30.5 Å². The number of halogens is 3. The predicted octanol–water partition coefficient (Wildman–Crippen LogP) is 4.05. The summed E-state index contributed by atoms with van der Waals surface area (Å²) in [5.41, 5.74) is 1.84. The maximum Gasteiger partial charge on any atom is 0.416 e. The van der Waals surface area contributed by atoms with Gasteiger partial charge in [0.15, 0.2) is 0 Å². The van der Waals surface area contributed by atoms with E-state index in [2.05, 4.69) is 0 Å². The summed E-state index contributed by atoms with van der Waals surface area (Å²) >= 11 is 0. The number of alkyl halides is 3. The standard InChI is InChI=1S/C27H36F3N3O3/c1-18-14-33(19(2)17-34)26(35)13-21-12-23(31(3)4)10-11-24(21)36-25(18)16-32(5)15-20-6-8-22(9-7-20)27(28,29)30/h6-12,18-19,25,34H,13-17H2,1-5H3/t18-,19+,25-/m0/s1. The minimum Gasteiger partial charge on any atom is -0.488 e. The summed E-state index contributed by atoms with van der Waals surface area (Å²) in [5.74, 6) is 0.521. The van der Waals surface area contributed by atoms with Crippen molar-refractivity contribution >= 4 is 11.6 Å². The highest BCUT2D eigenvalue weighted by atomic mass is 19.4. The van der Waals surface area contributed by atoms with E-state index in [1.54, 1.807) is 4.90 Å². The lowest BCUT2D eigenvalue weighted by Gasteiger charge is -2.34. The Bertz CT molecular complexity index is 1030. The molecule has 0 saturated heterocycles. The van der Waals surface area contributed by atoms with Crippen molar-refractivity contribution in [2.24, 2.45) is 5.92 Å². The lowest BCUT2D eigenvalue weighted by molar-refractivity contribution is -0.137. The summed E-state index contributed by atoms with van der Waals surface area (Å²) in [7, 11) is 5.76. The molecule has 2 aromatic rings. The van der Waals surface area contributed by atoms with Crippen molar-refractivity contribution in [3.8, 4) is 5.75 Å². The number of hydrogen-bond donors (Lipinski definition) is 1. The largest absolute Gasteiger partial charge is 0.488 e. The van der Waals surface area contributed by atoms with Gasteiger partial charge in [0.1, 0.15) is 11.9 Å². The minimum absolute atomic E-state index is 0.0579. The first-order valence-corrected chi connectivity index (χ1v) is 12.1. The lowest BCUT2D eigenvalue weighted by atomic mass is 10.0. The van der Waals surface area contributed by atoms with E-state index < -0.39 is 11.7 Å². The Balaban J connectivity index is 1.85. The zero-order valence-electron chi connectivity index (χ0n) is 21.5. The molecule has 2 aromatic carbocycles. The maximum absolute atomic E-state index is 13.2. The second-order valence-corrected chi connectivity index (χ2v) is 9.97. The second kappa shape index (κ2) is 11.5. The van der Waals surface area contributed by atoms with Crippen LogP contribution < -0.4 is 9.64 Å². The molecule has 1 amide bonds. The highest BCUT2D eigenvalue weighted by molar-refractivity contribution is 5.80. The third-order valence-corrected chi connectivity index (χ3v) is 6.64. The van der Waals surface area contributed by atoms with E-state index in [-0.39, 0.29) is 37.0 Å². The Hall–Kier alpha value is -2.78. The van der Waals surface area contributed by atoms with Crippen LogP contribution in [0.15, 0.2) is 42.5 Å². The van der Waals surface area contributed by atoms with Gasteiger partial charge in [-0.15, -0.1) is 0 Å². The number of fused-ring (bicyclic) bond motifs is 1. The number of carbonyl (C=O) groups excluding carboxylic acids is 1. The Morgan fingerprint density at radius 3 is 2.39 bits per heavy atom. The van der Waals surface area contributed by atoms with Crippen LogP contribution in [0.3, 0.4) is 0 Å². The van der Waals surface area contributed by atoms with Crippen LogP contribution in [0.25, 0.3) is 0 Å². The molecule has 0 radical (unpaired) electrons. The molecule has 1 N–H and O–H groups in total. The van der Waals surface area contributed by atoms with Crippen molar-refractivity contribution in [1.29, 1.82) is 0 Å². The summed E-state index contributed by atoms with van der Waals surface area (Å²) in [6.07, 6.45) is -4.48. The van der Waals surface area contributed by atoms with Gasteiger partial charge in [0.05, 0.1) is 24.6 Å². The average Bonchev–Trinajstić information content (AvgIpc) is 2.85. The molecule has 0 spiro atoms. The number of likely N-dealkylation sites (N-methyl/N-ethyl adjacent to an activating group) is 1. The molecule has 1 aliphatic heterocycles. The van der Waals surface area contributed by atoms with Gasteiger partial charge in [-0.25, -0.2) is 0 Å². The number of amides is 1. The summed E-state index contributed by atoms with van der Waals surface area (Å²) < 4.78 is 45.2. The fourth-order valence-electron chi connectivity index (χ4n) is 4.39. The molecule has 0 unspecified atom stereocenters. The van der Waals surface area contributed by atoms with Gasteiger partial charge in [-0.1, -0.05) is 19.1 Å². The highest BCUT2D eigenvalue weighted by Crippen LogP contribution is 2.31. The minimum atomic E-state index is -4.36. The molecule has 0 bridgehead atoms. The normalized spacial score (nSPS) is 19.7. The SMILES string of the molecule is C[C@H](CO)N1C[C@H](C)[C@H](CN(C)Cc2ccc(C(F)(F)F)cc2)Oc2ccc(N(C)C)cc2CC1=O. The van der Waals surface area contributed by atoms with Crippen LogP contribution in [0.5, 0.6) is 5.75 Å². The molecule has 0 fully saturated rings. The number of ether oxygens (including phenoxy) is 1. The zero-order chi connectivity index (χ0) is 26.6. The van der Waals surface area contributed by atoms with Crippen LogP contribution in [0, 0.1) is 5.92 Å². The number of rotatable bonds is 7. The first-order valence-electron chi connectivity index (χ1n) is 12.1. The van der Waals surface area contributed by atoms with Crippen molar-refractivity contribution in [3.05, 3.63) is 59.2 Å². The number of aliphatic hydroxyl groups is 1. The molecule has 0 aromatic heterocycles. The monoisotopic (exact) mass is 507 g/mol. The molecule has 198 valence electrons. The molecule has 3 rings (SSSR count). The number of anilines is 1. The van der Waals surface area contributed by atoms with Crippen molar-refractivity contribution < 1.29 is 27.8 Å². The third-order valence-electron chi connectivity index (χ3n) is 6.64. The van der Waals surface area contributed by atoms with Crippen molar-refractivity contribution in [1.82, 2.24) is 9.80 Å². The number of nitrogens with zero attached hydrogens (tertiary/aromatic N) is 3. The quantitative estimate of drug-likeness (QED) is 0.613. The fraction of sp³-hybridized carbons (Fsp3) is 0.519. The van der Waals surface area contributed by atoms with Gasteiger partial charge in [0.25, 0.3) is 0 Å². The van der Waals surface area contributed by atoms with Gasteiger partial charge >= 0.3 is 6.18 Å². The number of benzene rings is 2. The summed E-state index contributed by atoms with van der Waals surface area (Å²) in [5, 5.41) is 9.77. The average molecular weight is 508 g/mol. The van der Waals surface area contributed by atoms with E-state index >= 15 is 0 Å². The molecular weight excluding hydrogens is 471 g/mol. The Morgan fingerprint density at radius 1 is 1.14 bits per heavy atom. The molecule has 3 atom stereocenters. The maximum atomic E-state index is 13.2. The van der Waals surface area contributed by atoms with Crippen LogP contribution in [-0.2, 0) is 23.9 Å². The smallest absolute Gasteiger partial charge is 0.416 e. The number of carbonyl (C=O) groups is 1. The van der Waals surface area contributed by atoms with Gasteiger partial charge in [0.2, 0.25) is 5.91 Å². The van der Waals surface area contributed by atoms with E-state index in [0.29, 0.717) is 25.4 Å². The van der Waals surface area contributed by atoms with Crippen molar-refractivity contribution in [2.75, 3.05) is 45.7 Å². The van der Waals surface area contributed by atoms with Gasteiger partial charge in [0, 0.05) is 50.9 Å². The van der Waals surface area contributed by atoms with E-state index in [1.807, 2.05) is 63.0 Å². The summed E-state index contributed by atoms with van der Waals surface area (Å²) in [6.45, 7) is 5.09. The Morgan fingerprint density at radius 2 is 1.81 bits per heavy atom. The fourth-order valence-corrected chi connectivity index (χ4v) is 4.39. The van der Waals surface area contributed by atoms with Crippen LogP contribution in [0.2, 0.25) is 0 Å². The predicted molar refractivity (Wildman–Crippen MR) is 134 cm³/mol. The zero-order valence-corrected chi connectivity index (χ0v) is 21.5. The van der Waals surface area contributed by atoms with Gasteiger partial charge in [-0.05, 0) is 49.9 Å². The molecule has 36 heavy (non-hydrogen) atoms. The summed E-state index contributed by atoms with van der Waals surface area (Å²) in [6, 6.07) is 10.6. The van der Waals surface area contributed by atoms with Gasteiger partial charge in [-0.2, -0.15) is 13.2 Å². The van der Waals surface area contributed by atoms with Crippen LogP contribution in [0.4, 0.5) is 18.9 Å². The number of hydrogen-bond acceptors (Lipinski definition) is 5. The third kappa shape index (κ3) is 6.91. The molecule has 9 heteroatoms. The lowest BCUT2D eigenvalue weighted by Crippen LogP contribution is -2.47. The Kier molecular flexibility index (Phi) is 8.89. The van der Waals surface area contributed by atoms with E-state index in [1.165, 1.54) is 12.1 Å². The van der Waals surface area contributed by atoms with E-state index in [4.69, 9.17) is 4.74 Å². The number of aliphatic hydroxyl groups excluding tert-OH is 1. The van der Waals surface area contributed by atoms with Crippen molar-refractivity contribution in [2.45, 2.75) is 45.1 Å². The molecule has 1 heterocycles. The van der Waals surface area contributed by atoms with Gasteiger partial charge in [-0.3, -0.25) is 9.69 Å². The van der Waals surface area contributed by atoms with Crippen LogP contribution in [-0.4, -0.2) is 73.8 Å².